The van der Waals surface area contributed by atoms with E-state index in [2.05, 4.69) is 15.3 Å². The Kier molecular flexibility index (Phi) is 3.35. The van der Waals surface area contributed by atoms with Gasteiger partial charge in [-0.1, -0.05) is 18.2 Å². The van der Waals surface area contributed by atoms with Gasteiger partial charge >= 0.3 is 0 Å². The van der Waals surface area contributed by atoms with Gasteiger partial charge in [-0.15, -0.1) is 0 Å². The minimum absolute atomic E-state index is 0.0453. The van der Waals surface area contributed by atoms with Gasteiger partial charge in [0.15, 0.2) is 0 Å². The molecule has 0 atom stereocenters. The molecule has 2 N–H and O–H groups in total. The molecule has 1 aromatic carbocycles. The standard InChI is InChI=1S/C15H16N4O/c1-19-7-6-17-14(19)10-16-9-12-8-11-4-2-3-5-13(11)18-15(12)20/h2-8,16H,9-10H2,1H3,(H,18,20). The number of pyridine rings is 1. The molecule has 102 valence electrons. The minimum atomic E-state index is -0.0453. The molecule has 0 saturated heterocycles. The first kappa shape index (κ1) is 12.6. The van der Waals surface area contributed by atoms with Crippen LogP contribution in [0.4, 0.5) is 0 Å². The van der Waals surface area contributed by atoms with Crippen molar-refractivity contribution in [3.63, 3.8) is 0 Å². The third-order valence-corrected chi connectivity index (χ3v) is 3.35. The molecule has 0 spiro atoms. The van der Waals surface area contributed by atoms with Crippen LogP contribution in [0.3, 0.4) is 0 Å². The predicted octanol–water partition coefficient (Wildman–Crippen LogP) is 1.55. The largest absolute Gasteiger partial charge is 0.337 e. The van der Waals surface area contributed by atoms with Crippen LogP contribution in [-0.2, 0) is 20.1 Å². The first-order chi connectivity index (χ1) is 9.74. The highest BCUT2D eigenvalue weighted by Crippen LogP contribution is 2.09. The molecule has 5 nitrogen and oxygen atoms in total. The number of aryl methyl sites for hydroxylation is 1. The van der Waals surface area contributed by atoms with E-state index in [0.717, 1.165) is 22.3 Å². The lowest BCUT2D eigenvalue weighted by Gasteiger charge is -2.06. The summed E-state index contributed by atoms with van der Waals surface area (Å²) in [5, 5.41) is 4.29. The summed E-state index contributed by atoms with van der Waals surface area (Å²) in [6.45, 7) is 1.16. The van der Waals surface area contributed by atoms with E-state index in [1.54, 1.807) is 6.20 Å². The number of hydrogen-bond acceptors (Lipinski definition) is 3. The fourth-order valence-electron chi connectivity index (χ4n) is 2.20. The van der Waals surface area contributed by atoms with E-state index in [-0.39, 0.29) is 5.56 Å². The zero-order chi connectivity index (χ0) is 13.9. The molecule has 0 aliphatic heterocycles. The van der Waals surface area contributed by atoms with E-state index in [4.69, 9.17) is 0 Å². The predicted molar refractivity (Wildman–Crippen MR) is 78.3 cm³/mol. The smallest absolute Gasteiger partial charge is 0.252 e. The van der Waals surface area contributed by atoms with Crippen LogP contribution in [0.15, 0.2) is 47.5 Å². The topological polar surface area (TPSA) is 62.7 Å². The molecule has 0 unspecified atom stereocenters. The van der Waals surface area contributed by atoms with Crippen LogP contribution < -0.4 is 10.9 Å². The van der Waals surface area contributed by atoms with Crippen LogP contribution in [-0.4, -0.2) is 14.5 Å². The molecule has 0 aliphatic rings. The van der Waals surface area contributed by atoms with Gasteiger partial charge in [-0.25, -0.2) is 4.98 Å². The van der Waals surface area contributed by atoms with Crippen LogP contribution in [0.1, 0.15) is 11.4 Å². The van der Waals surface area contributed by atoms with Gasteiger partial charge in [-0.3, -0.25) is 4.79 Å². The Morgan fingerprint density at radius 3 is 2.95 bits per heavy atom. The first-order valence-corrected chi connectivity index (χ1v) is 6.52. The van der Waals surface area contributed by atoms with E-state index >= 15 is 0 Å². The van der Waals surface area contributed by atoms with E-state index < -0.39 is 0 Å². The highest BCUT2D eigenvalue weighted by atomic mass is 16.1. The number of nitrogens with one attached hydrogen (secondary N) is 2. The highest BCUT2D eigenvalue weighted by Gasteiger charge is 2.03. The number of nitrogens with zero attached hydrogens (tertiary/aromatic N) is 2. The Labute approximate surface area is 116 Å². The van der Waals surface area contributed by atoms with Crippen molar-refractivity contribution in [1.29, 1.82) is 0 Å². The van der Waals surface area contributed by atoms with Crippen molar-refractivity contribution in [3.8, 4) is 0 Å². The normalized spacial score (nSPS) is 11.1. The molecule has 2 heterocycles. The van der Waals surface area contributed by atoms with E-state index in [1.165, 1.54) is 0 Å². The summed E-state index contributed by atoms with van der Waals surface area (Å²) in [6, 6.07) is 9.71. The van der Waals surface area contributed by atoms with Crippen LogP contribution in [0.2, 0.25) is 0 Å². The van der Waals surface area contributed by atoms with Crippen LogP contribution in [0.5, 0.6) is 0 Å². The van der Waals surface area contributed by atoms with Gasteiger partial charge in [0.05, 0.1) is 6.54 Å². The maximum Gasteiger partial charge on any atom is 0.252 e. The molecule has 0 fully saturated rings. The van der Waals surface area contributed by atoms with E-state index in [1.807, 2.05) is 48.1 Å². The average molecular weight is 268 g/mol. The summed E-state index contributed by atoms with van der Waals surface area (Å²) in [4.78, 5) is 19.1. The van der Waals surface area contributed by atoms with Crippen molar-refractivity contribution in [2.24, 2.45) is 7.05 Å². The summed E-state index contributed by atoms with van der Waals surface area (Å²) in [5.74, 6) is 0.946. The number of rotatable bonds is 4. The summed E-state index contributed by atoms with van der Waals surface area (Å²) in [5.41, 5.74) is 1.55. The van der Waals surface area contributed by atoms with Crippen molar-refractivity contribution in [3.05, 3.63) is 64.5 Å². The molecule has 3 rings (SSSR count). The van der Waals surface area contributed by atoms with Crippen molar-refractivity contribution in [2.75, 3.05) is 0 Å². The van der Waals surface area contributed by atoms with Crippen LogP contribution in [0.25, 0.3) is 10.9 Å². The lowest BCUT2D eigenvalue weighted by Crippen LogP contribution is -2.21. The number of benzene rings is 1. The minimum Gasteiger partial charge on any atom is -0.337 e. The molecule has 0 saturated carbocycles. The third-order valence-electron chi connectivity index (χ3n) is 3.35. The molecule has 0 radical (unpaired) electrons. The maximum absolute atomic E-state index is 12.0. The zero-order valence-corrected chi connectivity index (χ0v) is 11.3. The number of aromatic nitrogens is 3. The third kappa shape index (κ3) is 2.48. The summed E-state index contributed by atoms with van der Waals surface area (Å²) in [7, 11) is 1.95. The highest BCUT2D eigenvalue weighted by molar-refractivity contribution is 5.78. The second-order valence-electron chi connectivity index (χ2n) is 4.77. The molecule has 0 bridgehead atoms. The van der Waals surface area contributed by atoms with Gasteiger partial charge in [0.25, 0.3) is 5.56 Å². The Hall–Kier alpha value is -2.40. The van der Waals surface area contributed by atoms with Gasteiger partial charge in [0.1, 0.15) is 5.82 Å². The lowest BCUT2D eigenvalue weighted by atomic mass is 10.1. The summed E-state index contributed by atoms with van der Waals surface area (Å²) >= 11 is 0. The lowest BCUT2D eigenvalue weighted by molar-refractivity contribution is 0.636. The number of hydrogen-bond donors (Lipinski definition) is 2. The average Bonchev–Trinajstić information content (AvgIpc) is 2.85. The Morgan fingerprint density at radius 2 is 2.15 bits per heavy atom. The van der Waals surface area contributed by atoms with Crippen LogP contribution in [0, 0.1) is 0 Å². The summed E-state index contributed by atoms with van der Waals surface area (Å²) < 4.78 is 1.96. The number of aromatic amines is 1. The van der Waals surface area contributed by atoms with Crippen molar-refractivity contribution in [1.82, 2.24) is 19.9 Å². The van der Waals surface area contributed by atoms with Crippen LogP contribution >= 0.6 is 0 Å². The quantitative estimate of drug-likeness (QED) is 0.754. The molecule has 5 heteroatoms. The second kappa shape index (κ2) is 5.30. The Morgan fingerprint density at radius 1 is 1.30 bits per heavy atom. The number of para-hydroxylation sites is 1. The SMILES string of the molecule is Cn1ccnc1CNCc1cc2ccccc2[nH]c1=O. The molecule has 2 aromatic heterocycles. The fourth-order valence-corrected chi connectivity index (χ4v) is 2.20. The number of imidazole rings is 1. The van der Waals surface area contributed by atoms with Gasteiger partial charge in [-0.05, 0) is 17.5 Å². The fraction of sp³-hybridized carbons (Fsp3) is 0.200. The van der Waals surface area contributed by atoms with Gasteiger partial charge in [0.2, 0.25) is 0 Å². The molecule has 0 amide bonds. The Balaban J connectivity index is 1.76. The van der Waals surface area contributed by atoms with Crippen molar-refractivity contribution < 1.29 is 0 Å². The van der Waals surface area contributed by atoms with Crippen molar-refractivity contribution in [2.45, 2.75) is 13.1 Å². The molecular formula is C15H16N4O. The maximum atomic E-state index is 12.0. The monoisotopic (exact) mass is 268 g/mol. The van der Waals surface area contributed by atoms with Gasteiger partial charge in [-0.2, -0.15) is 0 Å². The number of H-pyrrole nitrogens is 1. The van der Waals surface area contributed by atoms with Gasteiger partial charge < -0.3 is 14.9 Å². The van der Waals surface area contributed by atoms with Crippen molar-refractivity contribution >= 4 is 10.9 Å². The molecule has 3 aromatic rings. The molecule has 0 aliphatic carbocycles. The second-order valence-corrected chi connectivity index (χ2v) is 4.77. The first-order valence-electron chi connectivity index (χ1n) is 6.52. The van der Waals surface area contributed by atoms with E-state index in [9.17, 15) is 4.79 Å². The summed E-state index contributed by atoms with van der Waals surface area (Å²) in [6.07, 6.45) is 3.67. The van der Waals surface area contributed by atoms with E-state index in [0.29, 0.717) is 13.1 Å². The Bertz CT molecular complexity index is 788. The number of fused-ring (bicyclic) bond motifs is 1. The van der Waals surface area contributed by atoms with Gasteiger partial charge in [0, 0.05) is 37.1 Å². The molecular weight excluding hydrogens is 252 g/mol. The molecule has 20 heavy (non-hydrogen) atoms. The zero-order valence-electron chi connectivity index (χ0n) is 11.3.